The lowest BCUT2D eigenvalue weighted by atomic mass is 9.86. The first-order chi connectivity index (χ1) is 5.11. The Morgan fingerprint density at radius 3 is 2.09 bits per heavy atom. The van der Waals surface area contributed by atoms with Crippen LogP contribution in [0, 0.1) is 17.8 Å². The van der Waals surface area contributed by atoms with Crippen LogP contribution in [0.5, 0.6) is 0 Å². The summed E-state index contributed by atoms with van der Waals surface area (Å²) in [6.45, 7) is 8.68. The first-order valence-electron chi connectivity index (χ1n) is 4.57. The minimum Gasteiger partial charge on any atom is -0.303 e. The van der Waals surface area contributed by atoms with Crippen LogP contribution in [-0.2, 0) is 4.79 Å². The van der Waals surface area contributed by atoms with Crippen LogP contribution in [0.2, 0.25) is 0 Å². The van der Waals surface area contributed by atoms with E-state index in [4.69, 9.17) is 0 Å². The summed E-state index contributed by atoms with van der Waals surface area (Å²) >= 11 is 0. The van der Waals surface area contributed by atoms with Crippen LogP contribution < -0.4 is 0 Å². The van der Waals surface area contributed by atoms with Gasteiger partial charge in [0, 0.05) is 5.92 Å². The van der Waals surface area contributed by atoms with Gasteiger partial charge >= 0.3 is 0 Å². The summed E-state index contributed by atoms with van der Waals surface area (Å²) in [5.41, 5.74) is 0. The highest BCUT2D eigenvalue weighted by molar-refractivity contribution is 5.52. The highest BCUT2D eigenvalue weighted by Gasteiger charge is 2.12. The van der Waals surface area contributed by atoms with E-state index in [-0.39, 0.29) is 5.92 Å². The summed E-state index contributed by atoms with van der Waals surface area (Å²) in [6.07, 6.45) is 3.31. The zero-order chi connectivity index (χ0) is 8.85. The standard InChI is InChI=1S/C10H20O/c1-5-9(3)10(4)6-8(2)7-11/h7-10H,5-6H2,1-4H3. The molecule has 0 aromatic carbocycles. The molecule has 0 spiro atoms. The molecular weight excluding hydrogens is 136 g/mol. The molecule has 0 aromatic rings. The zero-order valence-electron chi connectivity index (χ0n) is 8.13. The van der Waals surface area contributed by atoms with Crippen LogP contribution in [0.4, 0.5) is 0 Å². The maximum absolute atomic E-state index is 10.4. The fourth-order valence-corrected chi connectivity index (χ4v) is 1.28. The summed E-state index contributed by atoms with van der Waals surface area (Å²) < 4.78 is 0. The highest BCUT2D eigenvalue weighted by atomic mass is 16.1. The van der Waals surface area contributed by atoms with Crippen LogP contribution in [0.1, 0.15) is 40.5 Å². The molecule has 0 N–H and O–H groups in total. The Hall–Kier alpha value is -0.330. The third-order valence-electron chi connectivity index (χ3n) is 2.59. The fourth-order valence-electron chi connectivity index (χ4n) is 1.28. The largest absolute Gasteiger partial charge is 0.303 e. The molecule has 0 bridgehead atoms. The second-order valence-corrected chi connectivity index (χ2v) is 3.71. The summed E-state index contributed by atoms with van der Waals surface area (Å²) in [4.78, 5) is 10.4. The van der Waals surface area contributed by atoms with Crippen molar-refractivity contribution in [2.45, 2.75) is 40.5 Å². The van der Waals surface area contributed by atoms with Gasteiger partial charge < -0.3 is 4.79 Å². The molecule has 0 fully saturated rings. The summed E-state index contributed by atoms with van der Waals surface area (Å²) in [7, 11) is 0. The van der Waals surface area contributed by atoms with E-state index < -0.39 is 0 Å². The maximum Gasteiger partial charge on any atom is 0.122 e. The van der Waals surface area contributed by atoms with Gasteiger partial charge in [-0.2, -0.15) is 0 Å². The topological polar surface area (TPSA) is 17.1 Å². The molecule has 0 aromatic heterocycles. The van der Waals surface area contributed by atoms with Gasteiger partial charge in [-0.25, -0.2) is 0 Å². The molecule has 66 valence electrons. The average Bonchev–Trinajstić information content (AvgIpc) is 2.02. The SMILES string of the molecule is CCC(C)C(C)CC(C)C=O. The predicted octanol–water partition coefficient (Wildman–Crippen LogP) is 2.89. The Balaban J connectivity index is 3.66. The smallest absolute Gasteiger partial charge is 0.122 e. The molecule has 1 nitrogen and oxygen atoms in total. The number of hydrogen-bond donors (Lipinski definition) is 0. The van der Waals surface area contributed by atoms with E-state index in [0.717, 1.165) is 18.6 Å². The number of carbonyl (C=O) groups is 1. The lowest BCUT2D eigenvalue weighted by Gasteiger charge is -2.19. The van der Waals surface area contributed by atoms with Crippen LogP contribution >= 0.6 is 0 Å². The minimum atomic E-state index is 0.235. The molecular formula is C10H20O. The number of hydrogen-bond acceptors (Lipinski definition) is 1. The Labute approximate surface area is 70.2 Å². The molecule has 3 unspecified atom stereocenters. The molecule has 0 rings (SSSR count). The lowest BCUT2D eigenvalue weighted by molar-refractivity contribution is -0.111. The maximum atomic E-state index is 10.4. The van der Waals surface area contributed by atoms with Crippen molar-refractivity contribution in [1.82, 2.24) is 0 Å². The van der Waals surface area contributed by atoms with Crippen molar-refractivity contribution in [3.8, 4) is 0 Å². The summed E-state index contributed by atoms with van der Waals surface area (Å²) in [5, 5.41) is 0. The molecule has 0 heterocycles. The van der Waals surface area contributed by atoms with Gasteiger partial charge in [0.1, 0.15) is 6.29 Å². The predicted molar refractivity (Wildman–Crippen MR) is 48.5 cm³/mol. The van der Waals surface area contributed by atoms with Crippen molar-refractivity contribution >= 4 is 6.29 Å². The Morgan fingerprint density at radius 1 is 1.18 bits per heavy atom. The minimum absolute atomic E-state index is 0.235. The van der Waals surface area contributed by atoms with E-state index in [2.05, 4.69) is 20.8 Å². The van der Waals surface area contributed by atoms with Crippen molar-refractivity contribution in [3.63, 3.8) is 0 Å². The van der Waals surface area contributed by atoms with E-state index >= 15 is 0 Å². The van der Waals surface area contributed by atoms with Crippen molar-refractivity contribution in [2.24, 2.45) is 17.8 Å². The monoisotopic (exact) mass is 156 g/mol. The Kier molecular flexibility index (Phi) is 5.18. The van der Waals surface area contributed by atoms with E-state index in [1.165, 1.54) is 6.42 Å². The molecule has 0 aliphatic heterocycles. The summed E-state index contributed by atoms with van der Waals surface area (Å²) in [5.74, 6) is 1.66. The quantitative estimate of drug-likeness (QED) is 0.559. The van der Waals surface area contributed by atoms with Crippen molar-refractivity contribution in [3.05, 3.63) is 0 Å². The second kappa shape index (κ2) is 5.34. The normalized spacial score (nSPS) is 18.9. The molecule has 3 atom stereocenters. The molecule has 0 amide bonds. The van der Waals surface area contributed by atoms with Crippen LogP contribution in [-0.4, -0.2) is 6.29 Å². The molecule has 0 saturated heterocycles. The average molecular weight is 156 g/mol. The summed E-state index contributed by atoms with van der Waals surface area (Å²) in [6, 6.07) is 0. The van der Waals surface area contributed by atoms with Gasteiger partial charge in [-0.3, -0.25) is 0 Å². The van der Waals surface area contributed by atoms with Gasteiger partial charge in [-0.05, 0) is 18.3 Å². The van der Waals surface area contributed by atoms with E-state index in [1.54, 1.807) is 0 Å². The first-order valence-corrected chi connectivity index (χ1v) is 4.57. The Morgan fingerprint density at radius 2 is 1.73 bits per heavy atom. The van der Waals surface area contributed by atoms with E-state index in [0.29, 0.717) is 5.92 Å². The fraction of sp³-hybridized carbons (Fsp3) is 0.900. The zero-order valence-corrected chi connectivity index (χ0v) is 8.13. The van der Waals surface area contributed by atoms with Crippen molar-refractivity contribution < 1.29 is 4.79 Å². The van der Waals surface area contributed by atoms with Gasteiger partial charge in [0.05, 0.1) is 0 Å². The number of carbonyl (C=O) groups excluding carboxylic acids is 1. The molecule has 0 aliphatic rings. The Bertz CT molecular complexity index is 109. The molecule has 0 saturated carbocycles. The van der Waals surface area contributed by atoms with Gasteiger partial charge in [-0.15, -0.1) is 0 Å². The van der Waals surface area contributed by atoms with Gasteiger partial charge in [0.2, 0.25) is 0 Å². The van der Waals surface area contributed by atoms with Gasteiger partial charge in [-0.1, -0.05) is 34.1 Å². The molecule has 0 aliphatic carbocycles. The second-order valence-electron chi connectivity index (χ2n) is 3.71. The van der Waals surface area contributed by atoms with E-state index in [9.17, 15) is 4.79 Å². The lowest BCUT2D eigenvalue weighted by Crippen LogP contribution is -2.11. The van der Waals surface area contributed by atoms with Crippen LogP contribution in [0.25, 0.3) is 0 Å². The number of rotatable bonds is 5. The van der Waals surface area contributed by atoms with Gasteiger partial charge in [0.25, 0.3) is 0 Å². The third-order valence-corrected chi connectivity index (χ3v) is 2.59. The van der Waals surface area contributed by atoms with Crippen molar-refractivity contribution in [1.29, 1.82) is 0 Å². The number of aldehydes is 1. The molecule has 11 heavy (non-hydrogen) atoms. The highest BCUT2D eigenvalue weighted by Crippen LogP contribution is 2.21. The van der Waals surface area contributed by atoms with Crippen LogP contribution in [0.3, 0.4) is 0 Å². The van der Waals surface area contributed by atoms with E-state index in [1.807, 2.05) is 6.92 Å². The third kappa shape index (κ3) is 4.18. The van der Waals surface area contributed by atoms with Crippen LogP contribution in [0.15, 0.2) is 0 Å². The first kappa shape index (κ1) is 10.7. The van der Waals surface area contributed by atoms with Gasteiger partial charge in [0.15, 0.2) is 0 Å². The molecule has 1 heteroatoms. The molecule has 0 radical (unpaired) electrons. The van der Waals surface area contributed by atoms with Crippen molar-refractivity contribution in [2.75, 3.05) is 0 Å².